The number of hydrogen-bond acceptors (Lipinski definition) is 5. The highest BCUT2D eigenvalue weighted by atomic mass is 16.2. The lowest BCUT2D eigenvalue weighted by atomic mass is 9.95. The van der Waals surface area contributed by atoms with Gasteiger partial charge in [0.2, 0.25) is 29.5 Å². The van der Waals surface area contributed by atoms with E-state index in [4.69, 9.17) is 0 Å². The van der Waals surface area contributed by atoms with Gasteiger partial charge in [0.15, 0.2) is 0 Å². The molecule has 1 saturated heterocycles. The molecule has 0 aliphatic carbocycles. The second kappa shape index (κ2) is 18.1. The van der Waals surface area contributed by atoms with Gasteiger partial charge in [0.1, 0.15) is 30.2 Å². The normalized spacial score (nSPS) is 23.2. The molecule has 0 bridgehead atoms. The summed E-state index contributed by atoms with van der Waals surface area (Å²) in [6.45, 7) is 7.68. The highest BCUT2D eigenvalue weighted by molar-refractivity contribution is 5.98. The van der Waals surface area contributed by atoms with Crippen molar-refractivity contribution in [1.29, 1.82) is 0 Å². The Balaban J connectivity index is 1.82. The predicted molar refractivity (Wildman–Crippen MR) is 194 cm³/mol. The zero-order valence-corrected chi connectivity index (χ0v) is 29.7. The van der Waals surface area contributed by atoms with Gasteiger partial charge in [-0.05, 0) is 34.9 Å². The van der Waals surface area contributed by atoms with E-state index in [1.165, 1.54) is 4.90 Å². The van der Waals surface area contributed by atoms with E-state index in [2.05, 4.69) is 21.3 Å². The summed E-state index contributed by atoms with van der Waals surface area (Å²) in [5.74, 6) is -2.79. The molecule has 6 unspecified atom stereocenters. The number of nitrogens with one attached hydrogen (secondary N) is 4. The Morgan fingerprint density at radius 3 is 1.50 bits per heavy atom. The van der Waals surface area contributed by atoms with Crippen LogP contribution in [0.25, 0.3) is 0 Å². The summed E-state index contributed by atoms with van der Waals surface area (Å²) in [4.78, 5) is 72.2. The quantitative estimate of drug-likeness (QED) is 0.260. The lowest BCUT2D eigenvalue weighted by molar-refractivity contribution is -0.142. The number of benzene rings is 3. The average Bonchev–Trinajstić information content (AvgIpc) is 3.11. The van der Waals surface area contributed by atoms with Crippen molar-refractivity contribution in [2.75, 3.05) is 7.05 Å². The molecule has 1 aliphatic heterocycles. The van der Waals surface area contributed by atoms with Gasteiger partial charge in [-0.25, -0.2) is 0 Å². The Kier molecular flexibility index (Phi) is 13.7. The first-order valence-corrected chi connectivity index (χ1v) is 17.6. The highest BCUT2D eigenvalue weighted by Gasteiger charge is 2.38. The van der Waals surface area contributed by atoms with E-state index in [0.29, 0.717) is 12.8 Å². The van der Waals surface area contributed by atoms with Gasteiger partial charge in [0.05, 0.1) is 0 Å². The number of hydrogen-bond donors (Lipinski definition) is 4. The lowest BCUT2D eigenvalue weighted by Gasteiger charge is -2.32. The van der Waals surface area contributed by atoms with E-state index in [1.54, 1.807) is 7.05 Å². The average molecular weight is 682 g/mol. The van der Waals surface area contributed by atoms with Crippen molar-refractivity contribution in [3.05, 3.63) is 108 Å². The molecule has 0 aromatic heterocycles. The van der Waals surface area contributed by atoms with Gasteiger partial charge in [-0.15, -0.1) is 0 Å². The number of nitrogens with zero attached hydrogens (tertiary/aromatic N) is 1. The Hall–Kier alpha value is -4.99. The number of likely N-dealkylation sites (N-methyl/N-ethyl adjacent to an activating group) is 1. The van der Waals surface area contributed by atoms with E-state index in [1.807, 2.05) is 119 Å². The number of carbonyl (C=O) groups is 5. The zero-order chi connectivity index (χ0) is 36.2. The van der Waals surface area contributed by atoms with E-state index in [-0.39, 0.29) is 31.1 Å². The van der Waals surface area contributed by atoms with E-state index in [9.17, 15) is 24.0 Å². The molecule has 0 saturated carbocycles. The molecule has 10 nitrogen and oxygen atoms in total. The third-order valence-electron chi connectivity index (χ3n) is 9.34. The third kappa shape index (κ3) is 10.5. The van der Waals surface area contributed by atoms with Crippen LogP contribution in [0.1, 0.15) is 57.2 Å². The topological polar surface area (TPSA) is 137 Å². The van der Waals surface area contributed by atoms with Gasteiger partial charge >= 0.3 is 0 Å². The minimum atomic E-state index is -1.06. The Labute approximate surface area is 295 Å². The van der Waals surface area contributed by atoms with Crippen molar-refractivity contribution in [3.63, 3.8) is 0 Å². The molecule has 1 heterocycles. The Morgan fingerprint density at radius 1 is 0.560 bits per heavy atom. The molecular formula is C40H51N5O5. The molecule has 4 rings (SSSR count). The SMILES string of the molecule is CCC(C)C1NC(=O)C(CC(C)C)NC(=O)C(Cc2ccccc2)N(C)C(=O)C(Cc2ccccc2)NC(=O)C(Cc2ccccc2)NC1=O. The maximum atomic E-state index is 14.5. The standard InChI is InChI=1S/C40H51N5O5/c1-6-27(4)35-39(49)42-32(23-28-16-10-7-11-17-28)36(46)43-33(24-29-18-12-8-13-19-29)40(50)45(5)34(25-30-20-14-9-15-21-30)38(48)41-31(22-26(2)3)37(47)44-35/h7-21,26-27,31-35H,6,22-25H2,1-5H3,(H,41,48)(H,42,49)(H,43,46)(H,44,47). The fourth-order valence-corrected chi connectivity index (χ4v) is 6.21. The Morgan fingerprint density at radius 2 is 1.00 bits per heavy atom. The smallest absolute Gasteiger partial charge is 0.245 e. The van der Waals surface area contributed by atoms with Gasteiger partial charge in [-0.3, -0.25) is 24.0 Å². The first kappa shape index (κ1) is 37.8. The van der Waals surface area contributed by atoms with Crippen molar-refractivity contribution in [1.82, 2.24) is 26.2 Å². The van der Waals surface area contributed by atoms with Crippen LogP contribution in [0.4, 0.5) is 0 Å². The molecule has 1 fully saturated rings. The summed E-state index contributed by atoms with van der Waals surface area (Å²) in [7, 11) is 1.55. The molecule has 10 heteroatoms. The number of carbonyl (C=O) groups excluding carboxylic acids is 5. The minimum Gasteiger partial charge on any atom is -0.342 e. The summed E-state index contributed by atoms with van der Waals surface area (Å²) in [5, 5.41) is 11.7. The summed E-state index contributed by atoms with van der Waals surface area (Å²) in [6.07, 6.45) is 1.40. The van der Waals surface area contributed by atoms with Gasteiger partial charge in [0, 0.05) is 26.3 Å². The highest BCUT2D eigenvalue weighted by Crippen LogP contribution is 2.17. The molecule has 5 amide bonds. The van der Waals surface area contributed by atoms with Gasteiger partial charge in [0.25, 0.3) is 0 Å². The molecule has 4 N–H and O–H groups in total. The molecule has 6 atom stereocenters. The summed E-state index contributed by atoms with van der Waals surface area (Å²) < 4.78 is 0. The predicted octanol–water partition coefficient (Wildman–Crippen LogP) is 3.59. The Bertz CT molecular complexity index is 1580. The van der Waals surface area contributed by atoms with Crippen LogP contribution in [-0.2, 0) is 43.2 Å². The monoisotopic (exact) mass is 681 g/mol. The maximum absolute atomic E-state index is 14.5. The molecule has 50 heavy (non-hydrogen) atoms. The van der Waals surface area contributed by atoms with Crippen molar-refractivity contribution in [2.24, 2.45) is 11.8 Å². The van der Waals surface area contributed by atoms with E-state index >= 15 is 0 Å². The second-order valence-corrected chi connectivity index (χ2v) is 13.7. The minimum absolute atomic E-state index is 0.0308. The van der Waals surface area contributed by atoms with E-state index < -0.39 is 59.7 Å². The maximum Gasteiger partial charge on any atom is 0.245 e. The number of rotatable bonds is 10. The third-order valence-corrected chi connectivity index (χ3v) is 9.34. The molecule has 1 aliphatic rings. The summed E-state index contributed by atoms with van der Waals surface area (Å²) in [5.41, 5.74) is 2.45. The summed E-state index contributed by atoms with van der Waals surface area (Å²) >= 11 is 0. The fraction of sp³-hybridized carbons (Fsp3) is 0.425. The largest absolute Gasteiger partial charge is 0.342 e. The van der Waals surface area contributed by atoms with Gasteiger partial charge < -0.3 is 26.2 Å². The van der Waals surface area contributed by atoms with Crippen molar-refractivity contribution in [2.45, 2.75) is 90.0 Å². The van der Waals surface area contributed by atoms with Crippen molar-refractivity contribution in [3.8, 4) is 0 Å². The molecular weight excluding hydrogens is 630 g/mol. The van der Waals surface area contributed by atoms with Crippen molar-refractivity contribution >= 4 is 29.5 Å². The molecule has 0 radical (unpaired) electrons. The second-order valence-electron chi connectivity index (χ2n) is 13.7. The van der Waals surface area contributed by atoms with Crippen LogP contribution < -0.4 is 21.3 Å². The van der Waals surface area contributed by atoms with Crippen LogP contribution in [0, 0.1) is 11.8 Å². The van der Waals surface area contributed by atoms with Crippen LogP contribution in [0.2, 0.25) is 0 Å². The lowest BCUT2D eigenvalue weighted by Crippen LogP contribution is -2.59. The van der Waals surface area contributed by atoms with Crippen LogP contribution in [0.5, 0.6) is 0 Å². The van der Waals surface area contributed by atoms with Crippen LogP contribution in [0.3, 0.4) is 0 Å². The molecule has 266 valence electrons. The molecule has 3 aromatic carbocycles. The fourth-order valence-electron chi connectivity index (χ4n) is 6.21. The zero-order valence-electron chi connectivity index (χ0n) is 29.7. The van der Waals surface area contributed by atoms with Gasteiger partial charge in [-0.1, -0.05) is 125 Å². The van der Waals surface area contributed by atoms with Crippen LogP contribution in [-0.4, -0.2) is 71.7 Å². The number of amides is 5. The van der Waals surface area contributed by atoms with Crippen LogP contribution in [0.15, 0.2) is 91.0 Å². The van der Waals surface area contributed by atoms with E-state index in [0.717, 1.165) is 16.7 Å². The first-order valence-electron chi connectivity index (χ1n) is 17.6. The van der Waals surface area contributed by atoms with Gasteiger partial charge in [-0.2, -0.15) is 0 Å². The molecule has 0 spiro atoms. The first-order chi connectivity index (χ1) is 24.0. The summed E-state index contributed by atoms with van der Waals surface area (Å²) in [6, 6.07) is 22.9. The van der Waals surface area contributed by atoms with Crippen molar-refractivity contribution < 1.29 is 24.0 Å². The molecule has 3 aromatic rings. The van der Waals surface area contributed by atoms with Crippen LogP contribution >= 0.6 is 0 Å².